The second-order valence-electron chi connectivity index (χ2n) is 8.02. The minimum atomic E-state index is -0.323. The Bertz CT molecular complexity index is 1080. The van der Waals surface area contributed by atoms with Crippen LogP contribution >= 0.6 is 11.6 Å². The fourth-order valence-electron chi connectivity index (χ4n) is 3.28. The molecule has 1 aliphatic rings. The van der Waals surface area contributed by atoms with E-state index in [2.05, 4.69) is 30.0 Å². The maximum absolute atomic E-state index is 13.6. The minimum absolute atomic E-state index is 0.128. The summed E-state index contributed by atoms with van der Waals surface area (Å²) in [6.45, 7) is 16.3. The highest BCUT2D eigenvalue weighted by molar-refractivity contribution is 6.32. The Morgan fingerprint density at radius 1 is 1.31 bits per heavy atom. The van der Waals surface area contributed by atoms with Crippen LogP contribution in [0.2, 0.25) is 0 Å². The van der Waals surface area contributed by atoms with Gasteiger partial charge in [-0.15, -0.1) is 0 Å². The van der Waals surface area contributed by atoms with Crippen molar-refractivity contribution in [1.29, 1.82) is 0 Å². The maximum Gasteiger partial charge on any atom is 0.164 e. The SMILES string of the molecule is C=C(/C=C(/NCCCC)n1ncc(F)c1C)C1=C(Cl)C=CCC1.CC.CC(=O)c1cccc(C)c1. The molecule has 0 radical (unpaired) electrons. The van der Waals surface area contributed by atoms with Gasteiger partial charge in [0.2, 0.25) is 0 Å². The number of carbonyl (C=O) groups is 1. The molecular weight excluding hydrogens is 461 g/mol. The van der Waals surface area contributed by atoms with Gasteiger partial charge < -0.3 is 5.32 Å². The molecule has 35 heavy (non-hydrogen) atoms. The van der Waals surface area contributed by atoms with E-state index in [-0.39, 0.29) is 11.6 Å². The fraction of sp³-hybridized carbons (Fsp3) is 0.379. The number of rotatable bonds is 8. The van der Waals surface area contributed by atoms with E-state index in [1.54, 1.807) is 18.5 Å². The van der Waals surface area contributed by atoms with E-state index < -0.39 is 0 Å². The zero-order valence-electron chi connectivity index (χ0n) is 21.9. The molecule has 0 aliphatic heterocycles. The van der Waals surface area contributed by atoms with E-state index in [1.165, 1.54) is 6.20 Å². The van der Waals surface area contributed by atoms with Crippen molar-refractivity contribution < 1.29 is 9.18 Å². The summed E-state index contributed by atoms with van der Waals surface area (Å²) in [7, 11) is 0. The summed E-state index contributed by atoms with van der Waals surface area (Å²) in [4.78, 5) is 10.8. The maximum atomic E-state index is 13.6. The standard InChI is InChI=1S/C18H23ClFN3.C9H10O.C2H6/c1-4-5-10-21-18(23-14(3)17(20)12-22-23)11-13(2)15-8-6-7-9-16(15)19;1-7-4-3-5-9(6-7)8(2)10;1-2/h7,9,11-12,21H,2,4-6,8,10H2,1,3H3;3-6H,1-2H3;1-2H3/b18-11-;;. The van der Waals surface area contributed by atoms with Crippen LogP contribution in [0.25, 0.3) is 5.82 Å². The van der Waals surface area contributed by atoms with Crippen LogP contribution in [-0.4, -0.2) is 22.1 Å². The van der Waals surface area contributed by atoms with Gasteiger partial charge in [-0.3, -0.25) is 4.79 Å². The number of benzene rings is 1. The van der Waals surface area contributed by atoms with E-state index in [0.717, 1.165) is 60.3 Å². The lowest BCUT2D eigenvalue weighted by Gasteiger charge is -2.16. The van der Waals surface area contributed by atoms with E-state index in [4.69, 9.17) is 11.6 Å². The van der Waals surface area contributed by atoms with Gasteiger partial charge in [0.1, 0.15) is 5.82 Å². The number of nitrogens with one attached hydrogen (secondary N) is 1. The molecule has 0 bridgehead atoms. The molecule has 0 atom stereocenters. The van der Waals surface area contributed by atoms with Crippen LogP contribution in [0.3, 0.4) is 0 Å². The minimum Gasteiger partial charge on any atom is -0.370 e. The third-order valence-corrected chi connectivity index (χ3v) is 5.61. The summed E-state index contributed by atoms with van der Waals surface area (Å²) in [6, 6.07) is 7.59. The van der Waals surface area contributed by atoms with Crippen molar-refractivity contribution in [3.8, 4) is 0 Å². The van der Waals surface area contributed by atoms with Crippen molar-refractivity contribution in [3.05, 3.63) is 94.1 Å². The highest BCUT2D eigenvalue weighted by Crippen LogP contribution is 2.28. The summed E-state index contributed by atoms with van der Waals surface area (Å²) < 4.78 is 15.2. The number of carbonyl (C=O) groups excluding carboxylic acids is 1. The Labute approximate surface area is 215 Å². The molecule has 1 aliphatic carbocycles. The Kier molecular flexibility index (Phi) is 13.7. The number of ketones is 1. The molecule has 0 amide bonds. The third kappa shape index (κ3) is 9.69. The number of hydrogen-bond donors (Lipinski definition) is 1. The first-order valence-electron chi connectivity index (χ1n) is 12.2. The van der Waals surface area contributed by atoms with Crippen LogP contribution in [0.5, 0.6) is 0 Å². The average Bonchev–Trinajstić information content (AvgIpc) is 3.18. The van der Waals surface area contributed by atoms with Gasteiger partial charge in [0, 0.05) is 17.1 Å². The quantitative estimate of drug-likeness (QED) is 0.226. The second kappa shape index (κ2) is 15.9. The van der Waals surface area contributed by atoms with Crippen LogP contribution < -0.4 is 5.32 Å². The van der Waals surface area contributed by atoms with Gasteiger partial charge in [-0.05, 0) is 69.4 Å². The summed E-state index contributed by atoms with van der Waals surface area (Å²) in [5, 5.41) is 8.16. The summed E-state index contributed by atoms with van der Waals surface area (Å²) in [5.41, 5.74) is 4.24. The molecule has 0 fully saturated rings. The van der Waals surface area contributed by atoms with Crippen molar-refractivity contribution in [2.75, 3.05) is 6.54 Å². The lowest BCUT2D eigenvalue weighted by Crippen LogP contribution is -2.20. The normalized spacial score (nSPS) is 12.9. The van der Waals surface area contributed by atoms with Gasteiger partial charge in [-0.25, -0.2) is 9.07 Å². The van der Waals surface area contributed by atoms with Crippen molar-refractivity contribution in [2.24, 2.45) is 0 Å². The predicted octanol–water partition coefficient (Wildman–Crippen LogP) is 8.14. The van der Waals surface area contributed by atoms with Gasteiger partial charge in [-0.1, -0.05) is 75.2 Å². The van der Waals surface area contributed by atoms with Crippen LogP contribution in [0.4, 0.5) is 4.39 Å². The first kappa shape index (κ1) is 30.1. The largest absolute Gasteiger partial charge is 0.370 e. The molecule has 1 aromatic carbocycles. The topological polar surface area (TPSA) is 46.9 Å². The monoisotopic (exact) mass is 499 g/mol. The molecule has 1 aromatic heterocycles. The Morgan fingerprint density at radius 2 is 2.03 bits per heavy atom. The van der Waals surface area contributed by atoms with E-state index >= 15 is 0 Å². The number of aromatic nitrogens is 2. The van der Waals surface area contributed by atoms with Crippen molar-refractivity contribution in [3.63, 3.8) is 0 Å². The molecule has 6 heteroatoms. The zero-order valence-corrected chi connectivity index (χ0v) is 22.7. The van der Waals surface area contributed by atoms with Crippen molar-refractivity contribution >= 4 is 23.2 Å². The van der Waals surface area contributed by atoms with Gasteiger partial charge in [0.15, 0.2) is 11.6 Å². The summed E-state index contributed by atoms with van der Waals surface area (Å²) >= 11 is 6.27. The molecular formula is C29H39ClFN3O. The number of hydrogen-bond acceptors (Lipinski definition) is 3. The van der Waals surface area contributed by atoms with Crippen LogP contribution in [0.1, 0.15) is 75.0 Å². The molecule has 0 saturated carbocycles. The molecule has 2 aromatic rings. The number of Topliss-reactive ketones (excluding diaryl/α,β-unsaturated/α-hetero) is 1. The highest BCUT2D eigenvalue weighted by Gasteiger charge is 2.13. The molecule has 1 heterocycles. The number of allylic oxidation sites excluding steroid dienone is 6. The Balaban J connectivity index is 0.000000425. The lowest BCUT2D eigenvalue weighted by atomic mass is 9.98. The van der Waals surface area contributed by atoms with E-state index in [1.807, 2.05) is 57.2 Å². The average molecular weight is 500 g/mol. The zero-order chi connectivity index (χ0) is 26.4. The molecule has 190 valence electrons. The van der Waals surface area contributed by atoms with Crippen LogP contribution in [0, 0.1) is 19.7 Å². The first-order chi connectivity index (χ1) is 16.7. The summed E-state index contributed by atoms with van der Waals surface area (Å²) in [5.74, 6) is 0.525. The van der Waals surface area contributed by atoms with Crippen LogP contribution in [-0.2, 0) is 0 Å². The lowest BCUT2D eigenvalue weighted by molar-refractivity contribution is 0.101. The highest BCUT2D eigenvalue weighted by atomic mass is 35.5. The van der Waals surface area contributed by atoms with Crippen molar-refractivity contribution in [1.82, 2.24) is 15.1 Å². The summed E-state index contributed by atoms with van der Waals surface area (Å²) in [6.07, 6.45) is 11.0. The molecule has 3 rings (SSSR count). The van der Waals surface area contributed by atoms with E-state index in [0.29, 0.717) is 10.7 Å². The molecule has 4 nitrogen and oxygen atoms in total. The predicted molar refractivity (Wildman–Crippen MR) is 147 cm³/mol. The number of halogens is 2. The molecule has 0 spiro atoms. The smallest absolute Gasteiger partial charge is 0.164 e. The first-order valence-corrected chi connectivity index (χ1v) is 12.6. The second-order valence-corrected chi connectivity index (χ2v) is 8.43. The molecule has 0 unspecified atom stereocenters. The van der Waals surface area contributed by atoms with Gasteiger partial charge in [0.05, 0.1) is 11.9 Å². The van der Waals surface area contributed by atoms with E-state index in [9.17, 15) is 9.18 Å². The van der Waals surface area contributed by atoms with Gasteiger partial charge >= 0.3 is 0 Å². The van der Waals surface area contributed by atoms with Gasteiger partial charge in [-0.2, -0.15) is 5.10 Å². The Morgan fingerprint density at radius 3 is 2.54 bits per heavy atom. The number of aryl methyl sites for hydroxylation is 1. The fourth-order valence-corrected chi connectivity index (χ4v) is 3.58. The van der Waals surface area contributed by atoms with Crippen LogP contribution in [0.15, 0.2) is 71.4 Å². The number of unbranched alkanes of at least 4 members (excludes halogenated alkanes) is 1. The third-order valence-electron chi connectivity index (χ3n) is 5.25. The molecule has 1 N–H and O–H groups in total. The molecule has 0 saturated heterocycles. The van der Waals surface area contributed by atoms with Gasteiger partial charge in [0.25, 0.3) is 0 Å². The number of nitrogens with zero attached hydrogens (tertiary/aromatic N) is 2. The Hall–Kier alpha value is -2.92. The van der Waals surface area contributed by atoms with Crippen molar-refractivity contribution in [2.45, 2.75) is 67.2 Å².